The summed E-state index contributed by atoms with van der Waals surface area (Å²) in [6.07, 6.45) is -9.91. The molecule has 2 aromatic carbocycles. The number of rotatable bonds is 6. The van der Waals surface area contributed by atoms with E-state index in [4.69, 9.17) is 18.6 Å². The van der Waals surface area contributed by atoms with Gasteiger partial charge in [0, 0.05) is 17.7 Å². The number of carbonyl (C=O) groups excluding carboxylic acids is 2. The number of aromatic hydroxyl groups is 4. The average Bonchev–Trinajstić information content (AvgIpc) is 2.87. The number of phenols is 4. The smallest absolute Gasteiger partial charge is 0.322 e. The lowest BCUT2D eigenvalue weighted by Crippen LogP contribution is -2.59. The third kappa shape index (κ3) is 5.43. The molecule has 1 aliphatic rings. The summed E-state index contributed by atoms with van der Waals surface area (Å²) in [6.45, 7) is -0.793. The van der Waals surface area contributed by atoms with Gasteiger partial charge in [-0.05, 0) is 18.2 Å². The van der Waals surface area contributed by atoms with Crippen molar-refractivity contribution < 1.29 is 69.1 Å². The molecule has 1 saturated heterocycles. The van der Waals surface area contributed by atoms with Gasteiger partial charge in [-0.25, -0.2) is 0 Å². The third-order valence-electron chi connectivity index (χ3n) is 5.76. The number of phenolic OH excluding ortho intramolecular Hbond substituents is 4. The second-order valence-electron chi connectivity index (χ2n) is 8.47. The molecule has 5 unspecified atom stereocenters. The summed E-state index contributed by atoms with van der Waals surface area (Å²) in [7, 11) is 0. The van der Waals surface area contributed by atoms with E-state index in [2.05, 4.69) is 0 Å². The molecule has 15 nitrogen and oxygen atoms in total. The molecule has 0 saturated carbocycles. The van der Waals surface area contributed by atoms with E-state index in [1.165, 1.54) is 6.07 Å². The molecule has 39 heavy (non-hydrogen) atoms. The van der Waals surface area contributed by atoms with Gasteiger partial charge in [-0.1, -0.05) is 0 Å². The van der Waals surface area contributed by atoms with Gasteiger partial charge in [0.25, 0.3) is 0 Å². The lowest BCUT2D eigenvalue weighted by atomic mass is 9.99. The minimum atomic E-state index is -1.93. The molecule has 1 fully saturated rings. The molecule has 0 spiro atoms. The molecule has 15 heteroatoms. The van der Waals surface area contributed by atoms with Crippen LogP contribution in [0.15, 0.2) is 39.5 Å². The Bertz CT molecular complexity index is 1480. The lowest BCUT2D eigenvalue weighted by Gasteiger charge is -2.39. The van der Waals surface area contributed by atoms with Gasteiger partial charge >= 0.3 is 11.9 Å². The fourth-order valence-corrected chi connectivity index (χ4v) is 3.82. The van der Waals surface area contributed by atoms with E-state index < -0.39 is 101 Å². The highest BCUT2D eigenvalue weighted by atomic mass is 16.7. The van der Waals surface area contributed by atoms with E-state index in [1.807, 2.05) is 0 Å². The van der Waals surface area contributed by atoms with Gasteiger partial charge in [0.2, 0.25) is 17.5 Å². The van der Waals surface area contributed by atoms with Crippen LogP contribution >= 0.6 is 0 Å². The van der Waals surface area contributed by atoms with Crippen molar-refractivity contribution >= 4 is 22.9 Å². The zero-order valence-corrected chi connectivity index (χ0v) is 19.6. The molecule has 4 rings (SSSR count). The van der Waals surface area contributed by atoms with Gasteiger partial charge in [-0.15, -0.1) is 0 Å². The molecule has 1 aliphatic heterocycles. The number of esters is 2. The van der Waals surface area contributed by atoms with Crippen molar-refractivity contribution in [2.45, 2.75) is 37.1 Å². The Hall–Kier alpha value is -4.41. The predicted octanol–water partition coefficient (Wildman–Crippen LogP) is -1.08. The van der Waals surface area contributed by atoms with Crippen LogP contribution in [0.2, 0.25) is 0 Å². The van der Waals surface area contributed by atoms with E-state index in [1.54, 1.807) is 0 Å². The molecule has 0 bridgehead atoms. The van der Waals surface area contributed by atoms with Crippen molar-refractivity contribution in [3.05, 3.63) is 40.6 Å². The Morgan fingerprint density at radius 3 is 2.26 bits per heavy atom. The second kappa shape index (κ2) is 10.8. The Balaban J connectivity index is 1.63. The number of ether oxygens (including phenoxy) is 3. The molecule has 2 heterocycles. The summed E-state index contributed by atoms with van der Waals surface area (Å²) in [5, 5.41) is 77.7. The van der Waals surface area contributed by atoms with E-state index in [0.717, 1.165) is 24.3 Å². The number of hydrogen-bond donors (Lipinski definition) is 8. The zero-order valence-electron chi connectivity index (χ0n) is 19.6. The average molecular weight is 550 g/mol. The van der Waals surface area contributed by atoms with E-state index in [0.29, 0.717) is 0 Å². The van der Waals surface area contributed by atoms with Gasteiger partial charge in [0.15, 0.2) is 17.3 Å². The van der Waals surface area contributed by atoms with Crippen LogP contribution in [0.5, 0.6) is 28.7 Å². The van der Waals surface area contributed by atoms with E-state index >= 15 is 0 Å². The van der Waals surface area contributed by atoms with Crippen LogP contribution in [0.3, 0.4) is 0 Å². The van der Waals surface area contributed by atoms with Gasteiger partial charge in [-0.2, -0.15) is 0 Å². The minimum absolute atomic E-state index is 0.0844. The first-order chi connectivity index (χ1) is 18.4. The van der Waals surface area contributed by atoms with Gasteiger partial charge in [-0.3, -0.25) is 14.4 Å². The Kier molecular flexibility index (Phi) is 7.62. The minimum Gasteiger partial charge on any atom is -0.508 e. The molecular weight excluding hydrogens is 528 g/mol. The van der Waals surface area contributed by atoms with Crippen LogP contribution in [-0.4, -0.2) is 90.1 Å². The van der Waals surface area contributed by atoms with Crippen LogP contribution in [0.4, 0.5) is 0 Å². The highest BCUT2D eigenvalue weighted by Crippen LogP contribution is 2.38. The molecule has 0 radical (unpaired) electrons. The van der Waals surface area contributed by atoms with Crippen LogP contribution in [0.25, 0.3) is 22.3 Å². The van der Waals surface area contributed by atoms with Crippen molar-refractivity contribution in [3.63, 3.8) is 0 Å². The van der Waals surface area contributed by atoms with E-state index in [-0.39, 0.29) is 11.1 Å². The fraction of sp³-hybridized carbons (Fsp3) is 0.292. The maximum absolute atomic E-state index is 13.2. The molecule has 5 atom stereocenters. The van der Waals surface area contributed by atoms with Gasteiger partial charge in [0.1, 0.15) is 53.3 Å². The third-order valence-corrected chi connectivity index (χ3v) is 5.76. The maximum Gasteiger partial charge on any atom is 0.322 e. The standard InChI is InChI=1S/C24H22O15/c25-7-14-18(32)20(34)21(35)24(37-14)39-16(31)6-15(30)38-23-19(33)17-12(29)4-9(26)5-13(17)36-22(23)8-1-2-10(27)11(28)3-8/h1-5,14,18,20-21,24-29,32,34-35H,6-7H2. The van der Waals surface area contributed by atoms with Crippen LogP contribution < -0.4 is 10.2 Å². The number of benzene rings is 2. The van der Waals surface area contributed by atoms with Crippen molar-refractivity contribution in [1.82, 2.24) is 0 Å². The first-order valence-electron chi connectivity index (χ1n) is 11.2. The number of fused-ring (bicyclic) bond motifs is 1. The van der Waals surface area contributed by atoms with Gasteiger partial charge < -0.3 is 59.5 Å². The van der Waals surface area contributed by atoms with Crippen LogP contribution in [0.1, 0.15) is 6.42 Å². The Morgan fingerprint density at radius 2 is 1.59 bits per heavy atom. The Labute approximate surface area is 216 Å². The highest BCUT2D eigenvalue weighted by Gasteiger charge is 2.45. The van der Waals surface area contributed by atoms with Crippen molar-refractivity contribution in [1.29, 1.82) is 0 Å². The predicted molar refractivity (Wildman–Crippen MR) is 125 cm³/mol. The number of aliphatic hydroxyl groups excluding tert-OH is 4. The summed E-state index contributed by atoms with van der Waals surface area (Å²) >= 11 is 0. The first kappa shape index (κ1) is 27.6. The second-order valence-corrected chi connectivity index (χ2v) is 8.47. The summed E-state index contributed by atoms with van der Waals surface area (Å²) in [5.41, 5.74) is -1.52. The van der Waals surface area contributed by atoms with E-state index in [9.17, 15) is 55.2 Å². The van der Waals surface area contributed by atoms with Crippen molar-refractivity contribution in [2.24, 2.45) is 0 Å². The van der Waals surface area contributed by atoms with Crippen LogP contribution in [-0.2, 0) is 19.1 Å². The molecule has 0 amide bonds. The largest absolute Gasteiger partial charge is 0.508 e. The first-order valence-corrected chi connectivity index (χ1v) is 11.2. The topological polar surface area (TPSA) is 254 Å². The fourth-order valence-electron chi connectivity index (χ4n) is 3.82. The monoisotopic (exact) mass is 550 g/mol. The maximum atomic E-state index is 13.2. The normalized spacial score (nSPS) is 22.9. The quantitative estimate of drug-likeness (QED) is 0.103. The molecular formula is C24H22O15. The van der Waals surface area contributed by atoms with Crippen molar-refractivity contribution in [2.75, 3.05) is 6.61 Å². The molecule has 208 valence electrons. The number of aliphatic hydroxyl groups is 4. The SMILES string of the molecule is O=C(CC(=O)OC1OC(CO)C(O)C(O)C1O)Oc1c(-c2ccc(O)c(O)c2)oc2cc(O)cc(O)c2c1=O. The molecule has 8 N–H and O–H groups in total. The number of carbonyl (C=O) groups is 2. The molecule has 1 aromatic heterocycles. The zero-order chi connectivity index (χ0) is 28.6. The number of hydrogen-bond acceptors (Lipinski definition) is 15. The lowest BCUT2D eigenvalue weighted by molar-refractivity contribution is -0.292. The Morgan fingerprint density at radius 1 is 0.872 bits per heavy atom. The van der Waals surface area contributed by atoms with Crippen molar-refractivity contribution in [3.8, 4) is 40.1 Å². The summed E-state index contributed by atoms with van der Waals surface area (Å²) < 4.78 is 20.5. The highest BCUT2D eigenvalue weighted by molar-refractivity contribution is 5.94. The van der Waals surface area contributed by atoms with Crippen LogP contribution in [0, 0.1) is 0 Å². The summed E-state index contributed by atoms with van der Waals surface area (Å²) in [6, 6.07) is 5.01. The van der Waals surface area contributed by atoms with Gasteiger partial charge in [0.05, 0.1) is 6.61 Å². The summed E-state index contributed by atoms with van der Waals surface area (Å²) in [5.74, 6) is -6.41. The molecule has 3 aromatic rings. The molecule has 0 aliphatic carbocycles. The summed E-state index contributed by atoms with van der Waals surface area (Å²) in [4.78, 5) is 38.1.